The van der Waals surface area contributed by atoms with Gasteiger partial charge in [0.25, 0.3) is 0 Å². The van der Waals surface area contributed by atoms with Gasteiger partial charge in [-0.3, -0.25) is 4.79 Å². The van der Waals surface area contributed by atoms with Gasteiger partial charge in [-0.25, -0.2) is 17.5 Å². The van der Waals surface area contributed by atoms with E-state index in [9.17, 15) is 18.0 Å². The van der Waals surface area contributed by atoms with Gasteiger partial charge in [0.15, 0.2) is 12.4 Å². The highest BCUT2D eigenvalue weighted by Crippen LogP contribution is 2.15. The molecular formula is C17H16BrNO5S. The van der Waals surface area contributed by atoms with Crippen molar-refractivity contribution < 1.29 is 22.7 Å². The van der Waals surface area contributed by atoms with E-state index < -0.39 is 22.6 Å². The number of ketones is 1. The van der Waals surface area contributed by atoms with Crippen molar-refractivity contribution in [3.63, 3.8) is 0 Å². The molecule has 0 amide bonds. The van der Waals surface area contributed by atoms with Crippen LogP contribution in [0.1, 0.15) is 20.7 Å². The summed E-state index contributed by atoms with van der Waals surface area (Å²) in [4.78, 5) is 24.1. The molecule has 2 aromatic rings. The molecule has 0 aromatic heterocycles. The second kappa shape index (κ2) is 7.90. The number of sulfonamides is 1. The minimum absolute atomic E-state index is 0.0688. The van der Waals surface area contributed by atoms with Crippen LogP contribution in [0, 0.1) is 0 Å². The zero-order valence-corrected chi connectivity index (χ0v) is 16.0. The van der Waals surface area contributed by atoms with Gasteiger partial charge in [0, 0.05) is 24.1 Å². The molecule has 0 atom stereocenters. The fourth-order valence-corrected chi connectivity index (χ4v) is 3.23. The quantitative estimate of drug-likeness (QED) is 0.524. The lowest BCUT2D eigenvalue weighted by Crippen LogP contribution is -2.22. The van der Waals surface area contributed by atoms with Crippen molar-refractivity contribution >= 4 is 37.7 Å². The van der Waals surface area contributed by atoms with E-state index in [0.717, 1.165) is 8.78 Å². The van der Waals surface area contributed by atoms with Crippen LogP contribution < -0.4 is 0 Å². The summed E-state index contributed by atoms with van der Waals surface area (Å²) in [7, 11) is -0.719. The van der Waals surface area contributed by atoms with Crippen LogP contribution in [0.4, 0.5) is 0 Å². The fraction of sp³-hybridized carbons (Fsp3) is 0.176. The van der Waals surface area contributed by atoms with Crippen molar-refractivity contribution in [2.45, 2.75) is 4.90 Å². The summed E-state index contributed by atoms with van der Waals surface area (Å²) in [5.41, 5.74) is 0.592. The highest BCUT2D eigenvalue weighted by Gasteiger charge is 2.18. The summed E-state index contributed by atoms with van der Waals surface area (Å²) in [5, 5.41) is 0. The Morgan fingerprint density at radius 1 is 1.04 bits per heavy atom. The molecule has 0 radical (unpaired) electrons. The number of nitrogens with zero attached hydrogens (tertiary/aromatic N) is 1. The van der Waals surface area contributed by atoms with Crippen LogP contribution in [0.2, 0.25) is 0 Å². The van der Waals surface area contributed by atoms with Crippen LogP contribution in [0.3, 0.4) is 0 Å². The molecule has 132 valence electrons. The summed E-state index contributed by atoms with van der Waals surface area (Å²) in [6.07, 6.45) is 0. The van der Waals surface area contributed by atoms with Crippen molar-refractivity contribution in [1.29, 1.82) is 0 Å². The molecule has 0 bridgehead atoms. The van der Waals surface area contributed by atoms with E-state index in [1.807, 2.05) is 0 Å². The third kappa shape index (κ3) is 4.75. The van der Waals surface area contributed by atoms with Crippen LogP contribution in [0.25, 0.3) is 0 Å². The van der Waals surface area contributed by atoms with Crippen molar-refractivity contribution in [3.05, 3.63) is 64.1 Å². The highest BCUT2D eigenvalue weighted by atomic mass is 79.9. The second-order valence-corrected chi connectivity index (χ2v) is 8.39. The molecule has 0 heterocycles. The van der Waals surface area contributed by atoms with Gasteiger partial charge in [0.1, 0.15) is 0 Å². The summed E-state index contributed by atoms with van der Waals surface area (Å²) >= 11 is 3.27. The van der Waals surface area contributed by atoms with Gasteiger partial charge in [-0.2, -0.15) is 0 Å². The summed E-state index contributed by atoms with van der Waals surface area (Å²) in [5.74, 6) is -1.03. The Morgan fingerprint density at radius 2 is 1.68 bits per heavy atom. The van der Waals surface area contributed by atoms with Gasteiger partial charge in [0.05, 0.1) is 10.5 Å². The molecule has 0 spiro atoms. The SMILES string of the molecule is CN(C)S(=O)(=O)c1ccc(C(=O)OCC(=O)c2cccc(Br)c2)cc1. The first-order valence-corrected chi connectivity index (χ1v) is 9.43. The molecule has 0 saturated carbocycles. The first kappa shape index (κ1) is 19.3. The monoisotopic (exact) mass is 425 g/mol. The predicted octanol–water partition coefficient (Wildman–Crippen LogP) is 2.74. The van der Waals surface area contributed by atoms with E-state index in [4.69, 9.17) is 4.74 Å². The number of ether oxygens (including phenoxy) is 1. The van der Waals surface area contributed by atoms with Crippen molar-refractivity contribution in [2.24, 2.45) is 0 Å². The molecule has 0 saturated heterocycles. The van der Waals surface area contributed by atoms with Crippen molar-refractivity contribution in [3.8, 4) is 0 Å². The van der Waals surface area contributed by atoms with Crippen LogP contribution >= 0.6 is 15.9 Å². The lowest BCUT2D eigenvalue weighted by Gasteiger charge is -2.11. The maximum Gasteiger partial charge on any atom is 0.338 e. The summed E-state index contributed by atoms with van der Waals surface area (Å²) in [6.45, 7) is -0.396. The minimum Gasteiger partial charge on any atom is -0.454 e. The lowest BCUT2D eigenvalue weighted by molar-refractivity contribution is 0.0474. The largest absolute Gasteiger partial charge is 0.454 e. The van der Waals surface area contributed by atoms with Crippen molar-refractivity contribution in [1.82, 2.24) is 4.31 Å². The van der Waals surface area contributed by atoms with Crippen LogP contribution in [0.5, 0.6) is 0 Å². The number of Topliss-reactive ketones (excluding diaryl/α,β-unsaturated/α-hetero) is 1. The van der Waals surface area contributed by atoms with Gasteiger partial charge < -0.3 is 4.74 Å². The highest BCUT2D eigenvalue weighted by molar-refractivity contribution is 9.10. The zero-order valence-electron chi connectivity index (χ0n) is 13.6. The zero-order chi connectivity index (χ0) is 18.6. The van der Waals surface area contributed by atoms with Crippen molar-refractivity contribution in [2.75, 3.05) is 20.7 Å². The molecule has 25 heavy (non-hydrogen) atoms. The Labute approximate surface area is 154 Å². The maximum absolute atomic E-state index is 12.0. The van der Waals surface area contributed by atoms with Crippen LogP contribution in [-0.4, -0.2) is 45.2 Å². The van der Waals surface area contributed by atoms with Gasteiger partial charge in [-0.1, -0.05) is 28.1 Å². The Bertz CT molecular complexity index is 892. The van der Waals surface area contributed by atoms with Gasteiger partial charge >= 0.3 is 5.97 Å². The number of carbonyl (C=O) groups excluding carboxylic acids is 2. The number of benzene rings is 2. The van der Waals surface area contributed by atoms with Gasteiger partial charge in [0.2, 0.25) is 10.0 Å². The molecule has 0 aliphatic carbocycles. The number of hydrogen-bond donors (Lipinski definition) is 0. The van der Waals surface area contributed by atoms with E-state index in [2.05, 4.69) is 15.9 Å². The Kier molecular flexibility index (Phi) is 6.10. The second-order valence-electron chi connectivity index (χ2n) is 5.32. The van der Waals surface area contributed by atoms with Gasteiger partial charge in [-0.15, -0.1) is 0 Å². The molecule has 0 fully saturated rings. The molecule has 2 aromatic carbocycles. The minimum atomic E-state index is -3.56. The third-order valence-electron chi connectivity index (χ3n) is 3.35. The third-order valence-corrected chi connectivity index (χ3v) is 5.67. The molecule has 0 N–H and O–H groups in total. The number of halogens is 1. The Hall–Kier alpha value is -2.03. The average Bonchev–Trinajstić information content (AvgIpc) is 2.59. The number of esters is 1. The Morgan fingerprint density at radius 3 is 2.24 bits per heavy atom. The standard InChI is InChI=1S/C17H16BrNO5S/c1-19(2)25(22,23)15-8-6-12(7-9-15)17(21)24-11-16(20)13-4-3-5-14(18)10-13/h3-10H,11H2,1-2H3. The number of hydrogen-bond acceptors (Lipinski definition) is 5. The molecule has 2 rings (SSSR count). The smallest absolute Gasteiger partial charge is 0.338 e. The van der Waals surface area contributed by atoms with E-state index in [-0.39, 0.29) is 16.2 Å². The average molecular weight is 426 g/mol. The number of rotatable bonds is 6. The fourth-order valence-electron chi connectivity index (χ4n) is 1.93. The first-order valence-electron chi connectivity index (χ1n) is 7.20. The topological polar surface area (TPSA) is 80.8 Å². The molecular weight excluding hydrogens is 410 g/mol. The predicted molar refractivity (Wildman–Crippen MR) is 96.1 cm³/mol. The van der Waals surface area contributed by atoms with Crippen LogP contribution in [-0.2, 0) is 14.8 Å². The normalized spacial score (nSPS) is 11.4. The van der Waals surface area contributed by atoms with E-state index >= 15 is 0 Å². The Balaban J connectivity index is 2.03. The molecule has 0 unspecified atom stereocenters. The van der Waals surface area contributed by atoms with E-state index in [0.29, 0.717) is 5.56 Å². The molecule has 8 heteroatoms. The molecule has 0 aliphatic rings. The van der Waals surface area contributed by atoms with E-state index in [1.165, 1.54) is 38.4 Å². The first-order chi connectivity index (χ1) is 11.7. The van der Waals surface area contributed by atoms with E-state index in [1.54, 1.807) is 24.3 Å². The number of carbonyl (C=O) groups is 2. The maximum atomic E-state index is 12.0. The summed E-state index contributed by atoms with van der Waals surface area (Å²) < 4.78 is 30.8. The summed E-state index contributed by atoms with van der Waals surface area (Å²) in [6, 6.07) is 12.1. The van der Waals surface area contributed by atoms with Crippen LogP contribution in [0.15, 0.2) is 57.9 Å². The molecule has 6 nitrogen and oxygen atoms in total. The molecule has 0 aliphatic heterocycles. The lowest BCUT2D eigenvalue weighted by atomic mass is 10.1. The van der Waals surface area contributed by atoms with Gasteiger partial charge in [-0.05, 0) is 36.4 Å².